The van der Waals surface area contributed by atoms with Gasteiger partial charge in [-0.25, -0.2) is 0 Å². The number of benzene rings is 2. The van der Waals surface area contributed by atoms with E-state index in [0.29, 0.717) is 0 Å². The number of ether oxygens (including phenoxy) is 2. The van der Waals surface area contributed by atoms with E-state index in [1.165, 1.54) is 11.1 Å². The van der Waals surface area contributed by atoms with Crippen LogP contribution in [0.2, 0.25) is 0 Å². The first-order chi connectivity index (χ1) is 10.3. The van der Waals surface area contributed by atoms with Crippen molar-refractivity contribution in [2.45, 2.75) is 19.5 Å². The molecule has 2 aromatic rings. The quantitative estimate of drug-likeness (QED) is 0.859. The molecule has 3 heteroatoms. The second-order valence-corrected chi connectivity index (χ2v) is 5.37. The van der Waals surface area contributed by atoms with Gasteiger partial charge in [0.05, 0.1) is 19.8 Å². The molecule has 3 nitrogen and oxygen atoms in total. The summed E-state index contributed by atoms with van der Waals surface area (Å²) < 4.78 is 11.0. The molecule has 0 saturated heterocycles. The van der Waals surface area contributed by atoms with Gasteiger partial charge in [-0.2, -0.15) is 0 Å². The SMILES string of the molecule is COc1cccc(OC)c1CN1CCc2ccccc2C1. The Labute approximate surface area is 126 Å². The van der Waals surface area contributed by atoms with Crippen LogP contribution in [0.25, 0.3) is 0 Å². The Morgan fingerprint density at radius 2 is 1.57 bits per heavy atom. The fraction of sp³-hybridized carbons (Fsp3) is 0.333. The van der Waals surface area contributed by atoms with Crippen LogP contribution in [0.3, 0.4) is 0 Å². The molecule has 21 heavy (non-hydrogen) atoms. The van der Waals surface area contributed by atoms with E-state index in [9.17, 15) is 0 Å². The van der Waals surface area contributed by atoms with Crippen molar-refractivity contribution in [2.24, 2.45) is 0 Å². The van der Waals surface area contributed by atoms with Crippen LogP contribution in [0.15, 0.2) is 42.5 Å². The van der Waals surface area contributed by atoms with Crippen molar-refractivity contribution in [2.75, 3.05) is 20.8 Å². The number of methoxy groups -OCH3 is 2. The Kier molecular flexibility index (Phi) is 4.11. The molecule has 0 saturated carbocycles. The average molecular weight is 283 g/mol. The van der Waals surface area contributed by atoms with Crippen molar-refractivity contribution in [1.29, 1.82) is 0 Å². The minimum Gasteiger partial charge on any atom is -0.496 e. The van der Waals surface area contributed by atoms with Gasteiger partial charge < -0.3 is 9.47 Å². The molecule has 0 aliphatic carbocycles. The van der Waals surface area contributed by atoms with Gasteiger partial charge in [-0.3, -0.25) is 4.90 Å². The highest BCUT2D eigenvalue weighted by atomic mass is 16.5. The summed E-state index contributed by atoms with van der Waals surface area (Å²) in [5, 5.41) is 0. The monoisotopic (exact) mass is 283 g/mol. The summed E-state index contributed by atoms with van der Waals surface area (Å²) >= 11 is 0. The molecule has 1 heterocycles. The van der Waals surface area contributed by atoms with Gasteiger partial charge in [-0.15, -0.1) is 0 Å². The zero-order valence-corrected chi connectivity index (χ0v) is 12.6. The summed E-state index contributed by atoms with van der Waals surface area (Å²) in [6.07, 6.45) is 1.10. The molecule has 0 amide bonds. The topological polar surface area (TPSA) is 21.7 Å². The van der Waals surface area contributed by atoms with Crippen molar-refractivity contribution in [3.8, 4) is 11.5 Å². The molecule has 0 N–H and O–H groups in total. The van der Waals surface area contributed by atoms with Crippen molar-refractivity contribution in [3.63, 3.8) is 0 Å². The van der Waals surface area contributed by atoms with Gasteiger partial charge in [0, 0.05) is 19.6 Å². The molecule has 110 valence electrons. The van der Waals surface area contributed by atoms with Crippen LogP contribution in [0.5, 0.6) is 11.5 Å². The van der Waals surface area contributed by atoms with E-state index in [2.05, 4.69) is 29.2 Å². The summed E-state index contributed by atoms with van der Waals surface area (Å²) in [7, 11) is 3.42. The number of hydrogen-bond acceptors (Lipinski definition) is 3. The second kappa shape index (κ2) is 6.19. The lowest BCUT2D eigenvalue weighted by molar-refractivity contribution is 0.237. The number of hydrogen-bond donors (Lipinski definition) is 0. The van der Waals surface area contributed by atoms with E-state index in [-0.39, 0.29) is 0 Å². The highest BCUT2D eigenvalue weighted by Gasteiger charge is 2.19. The van der Waals surface area contributed by atoms with E-state index in [4.69, 9.17) is 9.47 Å². The Bertz CT molecular complexity index is 602. The van der Waals surface area contributed by atoms with Gasteiger partial charge >= 0.3 is 0 Å². The molecule has 1 aliphatic rings. The van der Waals surface area contributed by atoms with Gasteiger partial charge in [-0.1, -0.05) is 30.3 Å². The maximum Gasteiger partial charge on any atom is 0.127 e. The summed E-state index contributed by atoms with van der Waals surface area (Å²) in [6, 6.07) is 14.7. The first-order valence-corrected chi connectivity index (χ1v) is 7.31. The van der Waals surface area contributed by atoms with Crippen molar-refractivity contribution in [3.05, 3.63) is 59.2 Å². The first kappa shape index (κ1) is 14.0. The molecular formula is C18H21NO2. The summed E-state index contributed by atoms with van der Waals surface area (Å²) in [6.45, 7) is 2.90. The zero-order valence-electron chi connectivity index (χ0n) is 12.6. The maximum atomic E-state index is 5.49. The summed E-state index contributed by atoms with van der Waals surface area (Å²) in [5.41, 5.74) is 4.03. The molecule has 0 radical (unpaired) electrons. The Morgan fingerprint density at radius 1 is 0.905 bits per heavy atom. The largest absolute Gasteiger partial charge is 0.496 e. The molecule has 3 rings (SSSR count). The lowest BCUT2D eigenvalue weighted by Gasteiger charge is -2.29. The Hall–Kier alpha value is -2.00. The van der Waals surface area contributed by atoms with Gasteiger partial charge in [0.2, 0.25) is 0 Å². The average Bonchev–Trinajstić information content (AvgIpc) is 2.55. The zero-order chi connectivity index (χ0) is 14.7. The molecule has 0 atom stereocenters. The predicted molar refractivity (Wildman–Crippen MR) is 83.8 cm³/mol. The summed E-state index contributed by atoms with van der Waals surface area (Å²) in [5.74, 6) is 1.79. The van der Waals surface area contributed by atoms with Gasteiger partial charge in [0.1, 0.15) is 11.5 Å². The molecule has 0 spiro atoms. The summed E-state index contributed by atoms with van der Waals surface area (Å²) in [4.78, 5) is 2.45. The number of rotatable bonds is 4. The third-order valence-corrected chi connectivity index (χ3v) is 4.12. The lowest BCUT2D eigenvalue weighted by Crippen LogP contribution is -2.30. The van der Waals surface area contributed by atoms with Crippen molar-refractivity contribution in [1.82, 2.24) is 4.90 Å². The van der Waals surface area contributed by atoms with E-state index >= 15 is 0 Å². The van der Waals surface area contributed by atoms with Crippen LogP contribution in [0.1, 0.15) is 16.7 Å². The molecule has 0 bridgehead atoms. The van der Waals surface area contributed by atoms with Gasteiger partial charge in [0.15, 0.2) is 0 Å². The molecule has 0 fully saturated rings. The van der Waals surface area contributed by atoms with E-state index in [0.717, 1.165) is 43.1 Å². The van der Waals surface area contributed by atoms with E-state index < -0.39 is 0 Å². The fourth-order valence-corrected chi connectivity index (χ4v) is 3.00. The Morgan fingerprint density at radius 3 is 2.24 bits per heavy atom. The number of nitrogens with zero attached hydrogens (tertiary/aromatic N) is 1. The highest BCUT2D eigenvalue weighted by molar-refractivity contribution is 5.45. The molecule has 2 aromatic carbocycles. The van der Waals surface area contributed by atoms with Crippen LogP contribution >= 0.6 is 0 Å². The second-order valence-electron chi connectivity index (χ2n) is 5.37. The molecular weight excluding hydrogens is 262 g/mol. The maximum absolute atomic E-state index is 5.49. The van der Waals surface area contributed by atoms with E-state index in [1.54, 1.807) is 14.2 Å². The first-order valence-electron chi connectivity index (χ1n) is 7.31. The molecule has 0 unspecified atom stereocenters. The number of fused-ring (bicyclic) bond motifs is 1. The van der Waals surface area contributed by atoms with Crippen LogP contribution in [-0.2, 0) is 19.5 Å². The van der Waals surface area contributed by atoms with Gasteiger partial charge in [0.25, 0.3) is 0 Å². The third kappa shape index (κ3) is 2.88. The smallest absolute Gasteiger partial charge is 0.127 e. The predicted octanol–water partition coefficient (Wildman–Crippen LogP) is 3.26. The molecule has 0 aromatic heterocycles. The van der Waals surface area contributed by atoms with Crippen molar-refractivity contribution < 1.29 is 9.47 Å². The van der Waals surface area contributed by atoms with Crippen LogP contribution < -0.4 is 9.47 Å². The van der Waals surface area contributed by atoms with Crippen molar-refractivity contribution >= 4 is 0 Å². The fourth-order valence-electron chi connectivity index (χ4n) is 3.00. The standard InChI is InChI=1S/C18H21NO2/c1-20-17-8-5-9-18(21-2)16(17)13-19-11-10-14-6-3-4-7-15(14)12-19/h3-9H,10-13H2,1-2H3. The minimum absolute atomic E-state index is 0.849. The minimum atomic E-state index is 0.849. The lowest BCUT2D eigenvalue weighted by atomic mass is 9.99. The normalized spacial score (nSPS) is 14.6. The van der Waals surface area contributed by atoms with E-state index in [1.807, 2.05) is 18.2 Å². The van der Waals surface area contributed by atoms with Gasteiger partial charge in [-0.05, 0) is 29.7 Å². The van der Waals surface area contributed by atoms with Crippen LogP contribution in [0.4, 0.5) is 0 Å². The van der Waals surface area contributed by atoms with Crippen LogP contribution in [-0.4, -0.2) is 25.7 Å². The third-order valence-electron chi connectivity index (χ3n) is 4.12. The highest BCUT2D eigenvalue weighted by Crippen LogP contribution is 2.31. The molecule has 1 aliphatic heterocycles. The Balaban J connectivity index is 1.82. The van der Waals surface area contributed by atoms with Crippen LogP contribution in [0, 0.1) is 0 Å².